The van der Waals surface area contributed by atoms with Gasteiger partial charge in [-0.25, -0.2) is 0 Å². The maximum Gasteiger partial charge on any atom is 0.135 e. The third-order valence-electron chi connectivity index (χ3n) is 8.08. The number of rotatable bonds is 2. The standard InChI is InChI=1S/C40H24O/c1-2-11-26-24-27(21-20-25(26)10-1)38-30-13-3-5-15-32(30)39(33-16-6-4-14-31(33)38)35-22-23-37-40-29(17-9-18-34(35)40)28-12-7-8-19-36(28)41-37/h1-24H/i3D,4D,5D,6D,13D,14D,15D,16D. The van der Waals surface area contributed by atoms with Gasteiger partial charge in [-0.1, -0.05) is 121 Å². The molecular formula is C40H24O. The van der Waals surface area contributed by atoms with Crippen molar-refractivity contribution in [2.24, 2.45) is 0 Å². The lowest BCUT2D eigenvalue weighted by molar-refractivity contribution is 0.487. The molecule has 0 spiro atoms. The van der Waals surface area contributed by atoms with E-state index >= 15 is 0 Å². The molecule has 1 nitrogen and oxygen atoms in total. The topological polar surface area (TPSA) is 9.23 Å². The van der Waals surface area contributed by atoms with Gasteiger partial charge in [0.15, 0.2) is 0 Å². The molecule has 1 heterocycles. The van der Waals surface area contributed by atoms with Gasteiger partial charge in [0.25, 0.3) is 0 Å². The molecule has 1 aliphatic rings. The molecule has 8 aromatic carbocycles. The third kappa shape index (κ3) is 3.24. The van der Waals surface area contributed by atoms with E-state index in [-0.39, 0.29) is 45.7 Å². The fraction of sp³-hybridized carbons (Fsp3) is 0. The molecule has 0 N–H and O–H groups in total. The number of ether oxygens (including phenoxy) is 1. The normalized spacial score (nSPS) is 14.8. The first-order valence-corrected chi connectivity index (χ1v) is 13.5. The van der Waals surface area contributed by atoms with Crippen molar-refractivity contribution >= 4 is 43.1 Å². The van der Waals surface area contributed by atoms with E-state index in [9.17, 15) is 5.48 Å². The fourth-order valence-electron chi connectivity index (χ4n) is 6.33. The number of para-hydroxylation sites is 1. The van der Waals surface area contributed by atoms with Gasteiger partial charge in [-0.3, -0.25) is 0 Å². The zero-order valence-corrected chi connectivity index (χ0v) is 21.6. The number of hydrogen-bond donors (Lipinski definition) is 0. The van der Waals surface area contributed by atoms with E-state index in [1.807, 2.05) is 97.1 Å². The molecule has 1 aliphatic heterocycles. The summed E-state index contributed by atoms with van der Waals surface area (Å²) in [5, 5.41) is 4.13. The summed E-state index contributed by atoms with van der Waals surface area (Å²) in [6, 6.07) is 27.8. The summed E-state index contributed by atoms with van der Waals surface area (Å²) >= 11 is 0. The monoisotopic (exact) mass is 528 g/mol. The zero-order chi connectivity index (χ0) is 33.9. The Morgan fingerprint density at radius 3 is 1.88 bits per heavy atom. The SMILES string of the molecule is [2H]c1c([2H])c([2H])c2c(-c3ccc4c5c(cccc35)-c3ccccc3O4)c3c([2H])c([2H])c([2H])c([2H])c3c(-c3ccc4ccccc4c3)c2c1[2H]. The number of benzene rings is 8. The van der Waals surface area contributed by atoms with E-state index in [4.69, 9.17) is 10.2 Å². The van der Waals surface area contributed by atoms with E-state index in [1.165, 1.54) is 0 Å². The summed E-state index contributed by atoms with van der Waals surface area (Å²) in [5.74, 6) is 1.34. The number of hydrogen-bond acceptors (Lipinski definition) is 1. The molecule has 0 amide bonds. The van der Waals surface area contributed by atoms with Crippen molar-refractivity contribution in [2.75, 3.05) is 0 Å². The highest BCUT2D eigenvalue weighted by atomic mass is 16.5. The minimum absolute atomic E-state index is 0.185. The second-order valence-electron chi connectivity index (χ2n) is 10.2. The van der Waals surface area contributed by atoms with E-state index in [2.05, 4.69) is 0 Å². The van der Waals surface area contributed by atoms with Crippen LogP contribution in [0, 0.1) is 0 Å². The van der Waals surface area contributed by atoms with Crippen LogP contribution in [0.4, 0.5) is 0 Å². The Hall–Kier alpha value is -5.40. The predicted molar refractivity (Wildman–Crippen MR) is 173 cm³/mol. The molecule has 0 aliphatic carbocycles. The second-order valence-corrected chi connectivity index (χ2v) is 10.2. The molecule has 41 heavy (non-hydrogen) atoms. The molecule has 0 unspecified atom stereocenters. The average Bonchev–Trinajstić information content (AvgIpc) is 3.13. The van der Waals surface area contributed by atoms with Crippen LogP contribution in [0.1, 0.15) is 11.0 Å². The minimum Gasteiger partial charge on any atom is -0.456 e. The van der Waals surface area contributed by atoms with Crippen molar-refractivity contribution < 1.29 is 15.7 Å². The molecule has 0 aromatic heterocycles. The van der Waals surface area contributed by atoms with Crippen molar-refractivity contribution in [1.82, 2.24) is 0 Å². The second kappa shape index (κ2) is 8.55. The highest BCUT2D eigenvalue weighted by molar-refractivity contribution is 6.24. The molecule has 9 rings (SSSR count). The van der Waals surface area contributed by atoms with Gasteiger partial charge in [0, 0.05) is 10.9 Å². The zero-order valence-electron chi connectivity index (χ0n) is 29.6. The predicted octanol–water partition coefficient (Wildman–Crippen LogP) is 11.4. The molecule has 0 fully saturated rings. The first kappa shape index (κ1) is 16.0. The van der Waals surface area contributed by atoms with Crippen molar-refractivity contribution in [1.29, 1.82) is 0 Å². The summed E-state index contributed by atoms with van der Waals surface area (Å²) in [7, 11) is 0. The highest BCUT2D eigenvalue weighted by Crippen LogP contribution is 2.51. The molecule has 0 bridgehead atoms. The Labute approximate surface area is 249 Å². The smallest absolute Gasteiger partial charge is 0.135 e. The van der Waals surface area contributed by atoms with Gasteiger partial charge >= 0.3 is 0 Å². The van der Waals surface area contributed by atoms with E-state index in [0.717, 1.165) is 32.7 Å². The van der Waals surface area contributed by atoms with E-state index in [1.54, 1.807) is 0 Å². The lowest BCUT2D eigenvalue weighted by atomic mass is 9.83. The van der Waals surface area contributed by atoms with Crippen LogP contribution in [-0.4, -0.2) is 0 Å². The Bertz CT molecular complexity index is 2710. The molecule has 1 heteroatoms. The van der Waals surface area contributed by atoms with Gasteiger partial charge in [0.1, 0.15) is 11.5 Å². The van der Waals surface area contributed by atoms with Gasteiger partial charge in [-0.2, -0.15) is 0 Å². The molecule has 0 saturated carbocycles. The maximum atomic E-state index is 9.33. The fourth-order valence-corrected chi connectivity index (χ4v) is 6.33. The summed E-state index contributed by atoms with van der Waals surface area (Å²) in [6.07, 6.45) is 0. The van der Waals surface area contributed by atoms with Gasteiger partial charge in [0.05, 0.1) is 11.0 Å². The van der Waals surface area contributed by atoms with Gasteiger partial charge < -0.3 is 4.74 Å². The Morgan fingerprint density at radius 1 is 0.439 bits per heavy atom. The largest absolute Gasteiger partial charge is 0.456 e. The van der Waals surface area contributed by atoms with Crippen LogP contribution in [0.25, 0.3) is 76.5 Å². The molecule has 0 atom stereocenters. The first-order chi connectivity index (χ1) is 23.7. The Morgan fingerprint density at radius 2 is 1.10 bits per heavy atom. The first-order valence-electron chi connectivity index (χ1n) is 17.5. The molecule has 0 radical (unpaired) electrons. The molecule has 190 valence electrons. The Balaban J connectivity index is 1.55. The summed E-state index contributed by atoms with van der Waals surface area (Å²) < 4.78 is 78.6. The number of fused-ring (bicyclic) bond motifs is 5. The molecule has 8 aromatic rings. The molecular weight excluding hydrogens is 496 g/mol. The van der Waals surface area contributed by atoms with Crippen LogP contribution in [0.5, 0.6) is 11.5 Å². The quantitative estimate of drug-likeness (QED) is 0.203. The molecule has 0 saturated heterocycles. The van der Waals surface area contributed by atoms with Gasteiger partial charge in [-0.05, 0) is 89.8 Å². The third-order valence-corrected chi connectivity index (χ3v) is 8.08. The van der Waals surface area contributed by atoms with Crippen LogP contribution in [-0.2, 0) is 0 Å². The lowest BCUT2D eigenvalue weighted by Gasteiger charge is -2.24. The van der Waals surface area contributed by atoms with Gasteiger partial charge in [0.2, 0.25) is 0 Å². The van der Waals surface area contributed by atoms with Crippen LogP contribution < -0.4 is 4.74 Å². The van der Waals surface area contributed by atoms with Crippen LogP contribution in [0.2, 0.25) is 0 Å². The average molecular weight is 529 g/mol. The van der Waals surface area contributed by atoms with E-state index in [0.29, 0.717) is 33.8 Å². The lowest BCUT2D eigenvalue weighted by Crippen LogP contribution is -1.98. The maximum absolute atomic E-state index is 9.33. The van der Waals surface area contributed by atoms with Crippen LogP contribution >= 0.6 is 0 Å². The van der Waals surface area contributed by atoms with Crippen LogP contribution in [0.3, 0.4) is 0 Å². The van der Waals surface area contributed by atoms with Crippen molar-refractivity contribution in [3.63, 3.8) is 0 Å². The summed E-state index contributed by atoms with van der Waals surface area (Å²) in [5.41, 5.74) is 3.63. The van der Waals surface area contributed by atoms with Crippen molar-refractivity contribution in [3.05, 3.63) is 145 Å². The van der Waals surface area contributed by atoms with Gasteiger partial charge in [-0.15, -0.1) is 0 Å². The van der Waals surface area contributed by atoms with E-state index < -0.39 is 24.2 Å². The van der Waals surface area contributed by atoms with Crippen molar-refractivity contribution in [3.8, 4) is 44.9 Å². The minimum atomic E-state index is -0.427. The van der Waals surface area contributed by atoms with Crippen molar-refractivity contribution in [2.45, 2.75) is 0 Å². The van der Waals surface area contributed by atoms with Crippen LogP contribution in [0.15, 0.2) is 145 Å². The Kier molecular flexibility index (Phi) is 3.34. The summed E-state index contributed by atoms with van der Waals surface area (Å²) in [6.45, 7) is 0. The summed E-state index contributed by atoms with van der Waals surface area (Å²) in [4.78, 5) is 0. The highest BCUT2D eigenvalue weighted by Gasteiger charge is 2.23.